The van der Waals surface area contributed by atoms with Gasteiger partial charge in [0.2, 0.25) is 0 Å². The Hall–Kier alpha value is -1.88. The highest BCUT2D eigenvalue weighted by Gasteiger charge is 2.51. The van der Waals surface area contributed by atoms with Crippen LogP contribution in [0.2, 0.25) is 0 Å². The van der Waals surface area contributed by atoms with E-state index in [0.717, 1.165) is 22.3 Å². The molecule has 0 saturated carbocycles. The number of hydrogen-bond acceptors (Lipinski definition) is 4. The number of epoxide rings is 2. The van der Waals surface area contributed by atoms with Gasteiger partial charge in [-0.05, 0) is 17.2 Å². The van der Waals surface area contributed by atoms with Gasteiger partial charge in [0.25, 0.3) is 0 Å². The predicted molar refractivity (Wildman–Crippen MR) is 79.6 cm³/mol. The second kappa shape index (κ2) is 4.56. The maximum Gasteiger partial charge on any atom is 0.121 e. The number of phenolic OH excluding ortho intramolecular Hbond substituents is 1. The third-order valence-corrected chi connectivity index (χ3v) is 4.65. The summed E-state index contributed by atoms with van der Waals surface area (Å²) in [6.45, 7) is 1.15. The van der Waals surface area contributed by atoms with Crippen LogP contribution < -0.4 is 0 Å². The molecule has 5 rings (SSSR count). The van der Waals surface area contributed by atoms with Crippen molar-refractivity contribution in [1.29, 1.82) is 0 Å². The van der Waals surface area contributed by atoms with Gasteiger partial charge >= 0.3 is 0 Å². The topological polar surface area (TPSA) is 54.5 Å². The Labute approximate surface area is 128 Å². The van der Waals surface area contributed by atoms with Crippen molar-refractivity contribution in [3.63, 3.8) is 0 Å². The normalized spacial score (nSPS) is 31.8. The molecule has 1 N–H and O–H groups in total. The summed E-state index contributed by atoms with van der Waals surface area (Å²) >= 11 is 0. The van der Waals surface area contributed by atoms with Crippen molar-refractivity contribution in [3.05, 3.63) is 53.6 Å². The van der Waals surface area contributed by atoms with Gasteiger partial charge in [-0.2, -0.15) is 0 Å². The van der Waals surface area contributed by atoms with Crippen LogP contribution >= 0.6 is 0 Å². The molecule has 112 valence electrons. The highest BCUT2D eigenvalue weighted by Crippen LogP contribution is 2.54. The summed E-state index contributed by atoms with van der Waals surface area (Å²) in [6, 6.07) is 13.9. The molecule has 0 amide bonds. The molecule has 0 aromatic heterocycles. The number of aromatic hydroxyl groups is 1. The summed E-state index contributed by atoms with van der Waals surface area (Å²) in [5, 5.41) is 10.4. The van der Waals surface area contributed by atoms with Crippen LogP contribution in [0.3, 0.4) is 0 Å². The van der Waals surface area contributed by atoms with E-state index in [2.05, 4.69) is 12.1 Å². The zero-order valence-electron chi connectivity index (χ0n) is 11.9. The summed E-state index contributed by atoms with van der Waals surface area (Å²) in [5.41, 5.74) is 4.18. The minimum absolute atomic E-state index is 0.0137. The van der Waals surface area contributed by atoms with Crippen LogP contribution in [0.15, 0.2) is 42.5 Å². The van der Waals surface area contributed by atoms with E-state index in [0.29, 0.717) is 19.0 Å². The molecule has 4 unspecified atom stereocenters. The van der Waals surface area contributed by atoms with E-state index in [1.807, 2.05) is 24.3 Å². The van der Waals surface area contributed by atoms with Crippen LogP contribution in [0.5, 0.6) is 5.75 Å². The summed E-state index contributed by atoms with van der Waals surface area (Å²) in [6.07, 6.45) is 0.0375. The zero-order chi connectivity index (χ0) is 14.7. The Morgan fingerprint density at radius 2 is 1.50 bits per heavy atom. The fourth-order valence-corrected chi connectivity index (χ4v) is 3.45. The quantitative estimate of drug-likeness (QED) is 0.822. The largest absolute Gasteiger partial charge is 0.508 e. The van der Waals surface area contributed by atoms with E-state index in [1.54, 1.807) is 6.07 Å². The van der Waals surface area contributed by atoms with Gasteiger partial charge in [-0.15, -0.1) is 0 Å². The second-order valence-corrected chi connectivity index (χ2v) is 6.05. The lowest BCUT2D eigenvalue weighted by atomic mass is 9.90. The average molecular weight is 296 g/mol. The van der Waals surface area contributed by atoms with E-state index >= 15 is 0 Å². The first kappa shape index (κ1) is 12.6. The molecule has 2 fully saturated rings. The van der Waals surface area contributed by atoms with Gasteiger partial charge in [-0.3, -0.25) is 0 Å². The molecule has 0 aliphatic carbocycles. The smallest absolute Gasteiger partial charge is 0.121 e. The standard InChI is InChI=1S/C18H16O4/c19-12-7-6-11(10-4-2-1-3-5-10)15-16(12)18-14(22-18)9-20-8-13-17(15)21-13/h1-7,13-14,17-19H,8-9H2. The molecular weight excluding hydrogens is 280 g/mol. The van der Waals surface area contributed by atoms with Crippen molar-refractivity contribution in [3.8, 4) is 16.9 Å². The zero-order valence-corrected chi connectivity index (χ0v) is 11.9. The monoisotopic (exact) mass is 296 g/mol. The highest BCUT2D eigenvalue weighted by molar-refractivity contribution is 5.72. The van der Waals surface area contributed by atoms with Crippen LogP contribution in [-0.4, -0.2) is 30.5 Å². The number of ether oxygens (including phenoxy) is 3. The number of benzene rings is 2. The van der Waals surface area contributed by atoms with Gasteiger partial charge in [0, 0.05) is 11.1 Å². The number of hydrogen-bond donors (Lipinski definition) is 1. The first-order valence-corrected chi connectivity index (χ1v) is 7.63. The molecule has 0 spiro atoms. The Morgan fingerprint density at radius 1 is 0.818 bits per heavy atom. The van der Waals surface area contributed by atoms with Crippen molar-refractivity contribution in [2.45, 2.75) is 24.4 Å². The molecule has 3 aliphatic heterocycles. The Morgan fingerprint density at radius 3 is 2.23 bits per heavy atom. The van der Waals surface area contributed by atoms with Crippen molar-refractivity contribution in [2.24, 2.45) is 0 Å². The third kappa shape index (κ3) is 1.88. The predicted octanol–water partition coefficient (Wildman–Crippen LogP) is 2.97. The van der Waals surface area contributed by atoms with E-state index in [9.17, 15) is 5.11 Å². The Bertz CT molecular complexity index is 727. The van der Waals surface area contributed by atoms with E-state index < -0.39 is 0 Å². The molecule has 2 aromatic rings. The summed E-state index contributed by atoms with van der Waals surface area (Å²) < 4.78 is 17.2. The number of rotatable bonds is 1. The van der Waals surface area contributed by atoms with Gasteiger partial charge in [0.1, 0.15) is 30.2 Å². The lowest BCUT2D eigenvalue weighted by Crippen LogP contribution is -2.06. The van der Waals surface area contributed by atoms with Crippen molar-refractivity contribution in [2.75, 3.05) is 13.2 Å². The van der Waals surface area contributed by atoms with Crippen LogP contribution in [0.1, 0.15) is 23.3 Å². The molecular formula is C18H16O4. The van der Waals surface area contributed by atoms with Crippen molar-refractivity contribution >= 4 is 0 Å². The molecule has 3 heterocycles. The molecule has 3 aliphatic rings. The van der Waals surface area contributed by atoms with E-state index in [1.165, 1.54) is 0 Å². The average Bonchev–Trinajstić information content (AvgIpc) is 3.45. The first-order valence-electron chi connectivity index (χ1n) is 7.63. The highest BCUT2D eigenvalue weighted by atomic mass is 16.6. The SMILES string of the molecule is Oc1ccc(-c2ccccc2)c2c1C1OC1COCC1OC21. The van der Waals surface area contributed by atoms with Crippen LogP contribution in [0.25, 0.3) is 11.1 Å². The third-order valence-electron chi connectivity index (χ3n) is 4.65. The Balaban J connectivity index is 1.72. The molecule has 4 heteroatoms. The first-order chi connectivity index (χ1) is 10.8. The van der Waals surface area contributed by atoms with Gasteiger partial charge < -0.3 is 19.3 Å². The van der Waals surface area contributed by atoms with E-state index in [4.69, 9.17) is 14.2 Å². The molecule has 22 heavy (non-hydrogen) atoms. The molecule has 2 aromatic carbocycles. The maximum absolute atomic E-state index is 10.4. The summed E-state index contributed by atoms with van der Waals surface area (Å²) in [7, 11) is 0. The van der Waals surface area contributed by atoms with Crippen LogP contribution in [0, 0.1) is 0 Å². The lowest BCUT2D eigenvalue weighted by Gasteiger charge is -2.14. The lowest BCUT2D eigenvalue weighted by molar-refractivity contribution is 0.102. The van der Waals surface area contributed by atoms with Gasteiger partial charge in [-0.25, -0.2) is 0 Å². The Kier molecular flexibility index (Phi) is 2.62. The van der Waals surface area contributed by atoms with Gasteiger partial charge in [0.05, 0.1) is 13.2 Å². The fourth-order valence-electron chi connectivity index (χ4n) is 3.45. The van der Waals surface area contributed by atoms with Crippen molar-refractivity contribution in [1.82, 2.24) is 0 Å². The van der Waals surface area contributed by atoms with Crippen LogP contribution in [0.4, 0.5) is 0 Å². The van der Waals surface area contributed by atoms with Gasteiger partial charge in [-0.1, -0.05) is 36.4 Å². The fraction of sp³-hybridized carbons (Fsp3) is 0.333. The second-order valence-electron chi connectivity index (χ2n) is 6.05. The number of fused-ring (bicyclic) bond motifs is 5. The minimum atomic E-state index is -0.0818. The number of phenols is 1. The van der Waals surface area contributed by atoms with Gasteiger partial charge in [0.15, 0.2) is 0 Å². The molecule has 4 nitrogen and oxygen atoms in total. The maximum atomic E-state index is 10.4. The van der Waals surface area contributed by atoms with Crippen molar-refractivity contribution < 1.29 is 19.3 Å². The minimum Gasteiger partial charge on any atom is -0.508 e. The molecule has 4 atom stereocenters. The summed E-state index contributed by atoms with van der Waals surface area (Å²) in [5.74, 6) is 0.290. The molecule has 0 radical (unpaired) electrons. The van der Waals surface area contributed by atoms with Crippen LogP contribution in [-0.2, 0) is 14.2 Å². The van der Waals surface area contributed by atoms with E-state index in [-0.39, 0.29) is 24.4 Å². The molecule has 2 saturated heterocycles. The molecule has 0 bridgehead atoms. The summed E-state index contributed by atoms with van der Waals surface area (Å²) in [4.78, 5) is 0.